The third kappa shape index (κ3) is 34.5. The van der Waals surface area contributed by atoms with Crippen molar-refractivity contribution in [3.8, 4) is 0 Å². The second-order valence-electron chi connectivity index (χ2n) is 14.4. The van der Waals surface area contributed by atoms with E-state index in [4.69, 9.17) is 0 Å². The van der Waals surface area contributed by atoms with Crippen LogP contribution in [0.5, 0.6) is 0 Å². The lowest BCUT2D eigenvalue weighted by Gasteiger charge is -2.22. The molecule has 0 radical (unpaired) electrons. The quantitative estimate of drug-likeness (QED) is 0.0590. The van der Waals surface area contributed by atoms with E-state index in [-0.39, 0.29) is 12.5 Å². The van der Waals surface area contributed by atoms with Gasteiger partial charge in [-0.25, -0.2) is 0 Å². The van der Waals surface area contributed by atoms with Gasteiger partial charge in [-0.15, -0.1) is 0 Å². The molecule has 1 amide bonds. The van der Waals surface area contributed by atoms with Crippen LogP contribution in [0.15, 0.2) is 0 Å². The van der Waals surface area contributed by atoms with Gasteiger partial charge in [0.25, 0.3) is 0 Å². The molecule has 4 nitrogen and oxygen atoms in total. The summed E-state index contributed by atoms with van der Waals surface area (Å²) in [5, 5.41) is 22.8. The Kier molecular flexibility index (Phi) is 37.3. The average Bonchev–Trinajstić information content (AvgIpc) is 3.04. The molecule has 270 valence electrons. The monoisotopic (exact) mass is 638 g/mol. The van der Waals surface area contributed by atoms with Crippen LogP contribution in [0, 0.1) is 0 Å². The first-order chi connectivity index (χ1) is 22.2. The zero-order valence-corrected chi connectivity index (χ0v) is 30.9. The van der Waals surface area contributed by atoms with Gasteiger partial charge in [-0.2, -0.15) is 0 Å². The van der Waals surface area contributed by atoms with Gasteiger partial charge in [-0.05, 0) is 12.8 Å². The van der Waals surface area contributed by atoms with Crippen molar-refractivity contribution in [1.82, 2.24) is 5.32 Å². The summed E-state index contributed by atoms with van der Waals surface area (Å²) in [5.74, 6) is -0.0318. The first-order valence-corrected chi connectivity index (χ1v) is 20.7. The third-order valence-electron chi connectivity index (χ3n) is 9.87. The van der Waals surface area contributed by atoms with Crippen molar-refractivity contribution in [3.05, 3.63) is 0 Å². The van der Waals surface area contributed by atoms with Gasteiger partial charge in [-0.1, -0.05) is 219 Å². The third-order valence-corrected chi connectivity index (χ3v) is 9.87. The first kappa shape index (κ1) is 44.4. The molecule has 3 N–H and O–H groups in total. The van der Waals surface area contributed by atoms with Crippen LogP contribution in [-0.4, -0.2) is 34.9 Å². The van der Waals surface area contributed by atoms with Gasteiger partial charge in [0.05, 0.1) is 18.8 Å². The first-order valence-electron chi connectivity index (χ1n) is 20.7. The van der Waals surface area contributed by atoms with Crippen molar-refractivity contribution >= 4 is 5.91 Å². The van der Waals surface area contributed by atoms with E-state index < -0.39 is 12.1 Å². The van der Waals surface area contributed by atoms with Gasteiger partial charge in [0, 0.05) is 6.42 Å². The van der Waals surface area contributed by atoms with Crippen molar-refractivity contribution in [3.63, 3.8) is 0 Å². The van der Waals surface area contributed by atoms with E-state index in [1.54, 1.807) is 0 Å². The van der Waals surface area contributed by atoms with Crippen LogP contribution in [-0.2, 0) is 4.79 Å². The highest BCUT2D eigenvalue weighted by Crippen LogP contribution is 2.17. The lowest BCUT2D eigenvalue weighted by molar-refractivity contribution is -0.123. The Morgan fingerprint density at radius 2 is 0.711 bits per heavy atom. The molecule has 0 spiro atoms. The van der Waals surface area contributed by atoms with Crippen molar-refractivity contribution in [1.29, 1.82) is 0 Å². The minimum absolute atomic E-state index is 0.0318. The molecule has 0 aliphatic carbocycles. The zero-order valence-electron chi connectivity index (χ0n) is 30.9. The fraction of sp³-hybridized carbons (Fsp3) is 0.976. The van der Waals surface area contributed by atoms with Crippen LogP contribution in [0.2, 0.25) is 0 Å². The predicted molar refractivity (Wildman–Crippen MR) is 198 cm³/mol. The Morgan fingerprint density at radius 1 is 0.444 bits per heavy atom. The number of amides is 1. The van der Waals surface area contributed by atoms with Crippen LogP contribution in [0.4, 0.5) is 0 Å². The van der Waals surface area contributed by atoms with Crippen molar-refractivity contribution in [2.45, 2.75) is 251 Å². The van der Waals surface area contributed by atoms with Gasteiger partial charge in [0.15, 0.2) is 0 Å². The second kappa shape index (κ2) is 37.8. The van der Waals surface area contributed by atoms with Gasteiger partial charge in [-0.3, -0.25) is 4.79 Å². The largest absolute Gasteiger partial charge is 0.394 e. The Hall–Kier alpha value is -0.610. The molecule has 45 heavy (non-hydrogen) atoms. The Balaban J connectivity index is 3.33. The number of rotatable bonds is 38. The minimum atomic E-state index is -0.649. The van der Waals surface area contributed by atoms with E-state index >= 15 is 0 Å². The van der Waals surface area contributed by atoms with Gasteiger partial charge >= 0.3 is 0 Å². The summed E-state index contributed by atoms with van der Waals surface area (Å²) < 4.78 is 0. The summed E-state index contributed by atoms with van der Waals surface area (Å²) in [6.45, 7) is 4.32. The number of unbranched alkanes of at least 4 members (excludes halogenated alkanes) is 31. The predicted octanol–water partition coefficient (Wildman–Crippen LogP) is 12.5. The maximum Gasteiger partial charge on any atom is 0.220 e. The molecule has 0 aromatic carbocycles. The molecule has 4 heteroatoms. The molecule has 0 aromatic rings. The van der Waals surface area contributed by atoms with E-state index in [0.717, 1.165) is 25.7 Å². The summed E-state index contributed by atoms with van der Waals surface area (Å²) in [6, 6.07) is -0.526. The molecule has 2 unspecified atom stereocenters. The van der Waals surface area contributed by atoms with Crippen LogP contribution in [0.3, 0.4) is 0 Å². The number of carbonyl (C=O) groups is 1. The fourth-order valence-corrected chi connectivity index (χ4v) is 6.66. The highest BCUT2D eigenvalue weighted by Gasteiger charge is 2.19. The standard InChI is InChI=1S/C41H83NO3/c1-3-5-7-9-11-12-13-14-15-16-17-18-19-20-21-22-23-24-25-26-27-28-29-30-31-33-35-37-41(45)42-39(38-43)40(44)36-34-32-10-8-6-4-2/h39-40,43-44H,3-38H2,1-2H3,(H,42,45). The number of aliphatic hydroxyl groups is 2. The van der Waals surface area contributed by atoms with E-state index in [1.165, 1.54) is 186 Å². The Morgan fingerprint density at radius 3 is 1.00 bits per heavy atom. The molecule has 0 bridgehead atoms. The summed E-state index contributed by atoms with van der Waals surface area (Å²) in [6.07, 6.45) is 45.0. The van der Waals surface area contributed by atoms with Gasteiger partial charge in [0.2, 0.25) is 5.91 Å². The van der Waals surface area contributed by atoms with Gasteiger partial charge in [0.1, 0.15) is 0 Å². The Bertz CT molecular complexity index is 569. The molecule has 0 aliphatic rings. The number of nitrogens with one attached hydrogen (secondary N) is 1. The molecular weight excluding hydrogens is 554 g/mol. The maximum absolute atomic E-state index is 12.3. The topological polar surface area (TPSA) is 69.6 Å². The molecule has 0 saturated carbocycles. The van der Waals surface area contributed by atoms with E-state index in [0.29, 0.717) is 12.8 Å². The minimum Gasteiger partial charge on any atom is -0.394 e. The number of hydrogen-bond acceptors (Lipinski definition) is 3. The van der Waals surface area contributed by atoms with E-state index in [1.807, 2.05) is 0 Å². The molecule has 0 aromatic heterocycles. The van der Waals surface area contributed by atoms with Crippen LogP contribution < -0.4 is 5.32 Å². The lowest BCUT2D eigenvalue weighted by Crippen LogP contribution is -2.45. The summed E-state index contributed by atoms with van der Waals surface area (Å²) in [5.41, 5.74) is 0. The smallest absolute Gasteiger partial charge is 0.220 e. The molecule has 0 fully saturated rings. The highest BCUT2D eigenvalue weighted by molar-refractivity contribution is 5.76. The SMILES string of the molecule is CCCCCCCCCCCCCCCCCCCCCCCCCCCCCC(=O)NC(CO)C(O)CCCCCCCC. The summed E-state index contributed by atoms with van der Waals surface area (Å²) in [7, 11) is 0. The maximum atomic E-state index is 12.3. The number of aliphatic hydroxyl groups excluding tert-OH is 2. The van der Waals surface area contributed by atoms with E-state index in [9.17, 15) is 15.0 Å². The van der Waals surface area contributed by atoms with Crippen LogP contribution in [0.25, 0.3) is 0 Å². The highest BCUT2D eigenvalue weighted by atomic mass is 16.3. The number of hydrogen-bond donors (Lipinski definition) is 3. The molecule has 0 saturated heterocycles. The average molecular weight is 638 g/mol. The Labute approximate surface area is 283 Å². The van der Waals surface area contributed by atoms with Crippen LogP contribution >= 0.6 is 0 Å². The fourth-order valence-electron chi connectivity index (χ4n) is 6.66. The summed E-state index contributed by atoms with van der Waals surface area (Å²) in [4.78, 5) is 12.3. The van der Waals surface area contributed by atoms with Crippen molar-refractivity contribution in [2.75, 3.05) is 6.61 Å². The van der Waals surface area contributed by atoms with E-state index in [2.05, 4.69) is 19.2 Å². The second-order valence-corrected chi connectivity index (χ2v) is 14.4. The van der Waals surface area contributed by atoms with Crippen LogP contribution in [0.1, 0.15) is 239 Å². The normalized spacial score (nSPS) is 12.9. The lowest BCUT2D eigenvalue weighted by atomic mass is 10.0. The zero-order chi connectivity index (χ0) is 32.9. The van der Waals surface area contributed by atoms with Crippen molar-refractivity contribution in [2.24, 2.45) is 0 Å². The number of carbonyl (C=O) groups excluding carboxylic acids is 1. The molecule has 2 atom stereocenters. The molecular formula is C41H83NO3. The molecule has 0 aliphatic heterocycles. The van der Waals surface area contributed by atoms with Crippen molar-refractivity contribution < 1.29 is 15.0 Å². The molecule has 0 rings (SSSR count). The van der Waals surface area contributed by atoms with Gasteiger partial charge < -0.3 is 15.5 Å². The molecule has 0 heterocycles. The summed E-state index contributed by atoms with van der Waals surface area (Å²) >= 11 is 0.